The van der Waals surface area contributed by atoms with Gasteiger partial charge in [0.1, 0.15) is 67.1 Å². The smallest absolute Gasteiger partial charge is 0.187 e. The molecule has 4 saturated heterocycles. The van der Waals surface area contributed by atoms with Gasteiger partial charge in [0.15, 0.2) is 18.9 Å². The highest BCUT2D eigenvalue weighted by atomic mass is 16.7. The Kier molecular flexibility index (Phi) is 14.3. The second-order valence-electron chi connectivity index (χ2n) is 15.7. The van der Waals surface area contributed by atoms with E-state index in [9.17, 15) is 61.3 Å². The largest absolute Gasteiger partial charge is 0.394 e. The highest BCUT2D eigenvalue weighted by molar-refractivity contribution is 5.00. The van der Waals surface area contributed by atoms with E-state index in [0.717, 1.165) is 0 Å². The first-order valence-corrected chi connectivity index (χ1v) is 18.8. The highest BCUT2D eigenvalue weighted by Crippen LogP contribution is 2.45. The summed E-state index contributed by atoms with van der Waals surface area (Å²) in [7, 11) is 1.49. The second-order valence-corrected chi connectivity index (χ2v) is 15.7. The van der Waals surface area contributed by atoms with Crippen LogP contribution in [-0.2, 0) is 37.9 Å². The molecule has 314 valence electrons. The lowest BCUT2D eigenvalue weighted by atomic mass is 9.72. The first-order chi connectivity index (χ1) is 25.6. The molecular formula is C34H58O20. The minimum atomic E-state index is -1.79. The minimum absolute atomic E-state index is 0.0601. The fourth-order valence-corrected chi connectivity index (χ4v) is 8.81. The van der Waals surface area contributed by atoms with Crippen LogP contribution in [0.5, 0.6) is 0 Å². The van der Waals surface area contributed by atoms with Gasteiger partial charge in [0.05, 0.1) is 62.0 Å². The van der Waals surface area contributed by atoms with Crippen molar-refractivity contribution in [2.45, 2.75) is 180 Å². The second kappa shape index (κ2) is 18.0. The van der Waals surface area contributed by atoms with Crippen LogP contribution in [0.25, 0.3) is 0 Å². The average molecular weight is 787 g/mol. The lowest BCUT2D eigenvalue weighted by Gasteiger charge is -2.52. The molecule has 0 aromatic carbocycles. The molecule has 24 atom stereocenters. The summed E-state index contributed by atoms with van der Waals surface area (Å²) in [5.41, 5.74) is 0. The Labute approximate surface area is 311 Å². The molecule has 6 rings (SSSR count). The van der Waals surface area contributed by atoms with Gasteiger partial charge >= 0.3 is 0 Å². The maximum atomic E-state index is 11.1. The molecule has 6 fully saturated rings. The van der Waals surface area contributed by atoms with Gasteiger partial charge in [0.2, 0.25) is 0 Å². The molecule has 0 spiro atoms. The van der Waals surface area contributed by atoms with Gasteiger partial charge in [0, 0.05) is 19.4 Å². The minimum Gasteiger partial charge on any atom is -0.394 e. The lowest BCUT2D eigenvalue weighted by molar-refractivity contribution is -0.351. The first-order valence-electron chi connectivity index (χ1n) is 18.8. The monoisotopic (exact) mass is 786 g/mol. The molecule has 4 aliphatic heterocycles. The Morgan fingerprint density at radius 2 is 1.15 bits per heavy atom. The van der Waals surface area contributed by atoms with E-state index < -0.39 is 154 Å². The number of rotatable bonds is 10. The van der Waals surface area contributed by atoms with Crippen molar-refractivity contribution in [3.63, 3.8) is 0 Å². The van der Waals surface area contributed by atoms with Crippen LogP contribution >= 0.6 is 0 Å². The number of ether oxygens (including phenoxy) is 8. The maximum Gasteiger partial charge on any atom is 0.187 e. The van der Waals surface area contributed by atoms with Crippen LogP contribution in [0, 0.1) is 11.8 Å². The first kappa shape index (κ1) is 42.8. The molecule has 20 heteroatoms. The summed E-state index contributed by atoms with van der Waals surface area (Å²) < 4.78 is 47.5. The fourth-order valence-electron chi connectivity index (χ4n) is 8.81. The SMILES string of the molecule is COC1CC(C2OC3CC(O)CC(O[C@@H]4O[C@H](CO)[C@@H](O)[C@H](O)[C@H]4O)C3CC2O[C@@H]2O[C@H](CO[C@@H]3O[C@@H](C)[C@H](O)[C@@H](O)[C@H]3O)[C@@H](O)[C@H](O)[C@H]2O)CCC1O. The number of fused-ring (bicyclic) bond motifs is 1. The van der Waals surface area contributed by atoms with Crippen LogP contribution in [0.2, 0.25) is 0 Å². The highest BCUT2D eigenvalue weighted by Gasteiger charge is 2.54. The molecule has 9 unspecified atom stereocenters. The average Bonchev–Trinajstić information content (AvgIpc) is 3.15. The number of aliphatic hydroxyl groups excluding tert-OH is 12. The van der Waals surface area contributed by atoms with E-state index in [1.165, 1.54) is 14.0 Å². The summed E-state index contributed by atoms with van der Waals surface area (Å²) in [5, 5.41) is 126. The van der Waals surface area contributed by atoms with Crippen molar-refractivity contribution in [1.29, 1.82) is 0 Å². The summed E-state index contributed by atoms with van der Waals surface area (Å²) in [5.74, 6) is -0.796. The molecule has 0 radical (unpaired) electrons. The van der Waals surface area contributed by atoms with Gasteiger partial charge in [-0.25, -0.2) is 0 Å². The summed E-state index contributed by atoms with van der Waals surface area (Å²) in [6.07, 6.45) is -26.3. The third-order valence-corrected chi connectivity index (χ3v) is 12.1. The van der Waals surface area contributed by atoms with Crippen molar-refractivity contribution in [2.75, 3.05) is 20.3 Å². The van der Waals surface area contributed by atoms with Gasteiger partial charge < -0.3 is 99.2 Å². The van der Waals surface area contributed by atoms with Crippen molar-refractivity contribution >= 4 is 0 Å². The van der Waals surface area contributed by atoms with Crippen LogP contribution in [0.4, 0.5) is 0 Å². The normalized spacial score (nSPS) is 54.6. The molecule has 0 aromatic heterocycles. The molecule has 2 aliphatic carbocycles. The summed E-state index contributed by atoms with van der Waals surface area (Å²) >= 11 is 0. The summed E-state index contributed by atoms with van der Waals surface area (Å²) in [6, 6.07) is 0. The molecule has 0 aromatic rings. The van der Waals surface area contributed by atoms with Crippen LogP contribution in [-0.4, -0.2) is 216 Å². The van der Waals surface area contributed by atoms with E-state index in [2.05, 4.69) is 0 Å². The molecule has 54 heavy (non-hydrogen) atoms. The van der Waals surface area contributed by atoms with Gasteiger partial charge in [-0.1, -0.05) is 0 Å². The predicted octanol–water partition coefficient (Wildman–Crippen LogP) is -5.69. The van der Waals surface area contributed by atoms with Crippen molar-refractivity contribution < 1.29 is 99.2 Å². The lowest BCUT2D eigenvalue weighted by Crippen LogP contribution is -2.63. The number of hydrogen-bond donors (Lipinski definition) is 12. The molecule has 6 aliphatic rings. The molecule has 4 heterocycles. The van der Waals surface area contributed by atoms with Gasteiger partial charge in [-0.3, -0.25) is 0 Å². The summed E-state index contributed by atoms with van der Waals surface area (Å²) in [4.78, 5) is 0. The number of methoxy groups -OCH3 is 1. The number of aliphatic hydroxyl groups is 12. The third-order valence-electron chi connectivity index (χ3n) is 12.1. The van der Waals surface area contributed by atoms with Gasteiger partial charge in [0.25, 0.3) is 0 Å². The topological polar surface area (TPSA) is 317 Å². The fraction of sp³-hybridized carbons (Fsp3) is 1.00. The zero-order valence-electron chi connectivity index (χ0n) is 30.1. The molecule has 0 bridgehead atoms. The standard InChI is InChI=1S/C34H58O20/c1-11-22(38)25(41)28(44)32(49-11)48-10-21-24(40)27(43)30(46)34(54-21)52-19-8-14-16(50-31(19)12-3-4-15(37)18(5-12)47-2)6-13(36)7-17(14)51-33-29(45)26(42)23(39)20(9-35)53-33/h11-46H,3-10H2,1-2H3/t11-,12?,13?,14?,15?,16?,17?,18?,19?,20+,21+,22-,23+,24+,25+,26-,27-,28+,29+,30+,31?,32+,33+,34+/m0/s1. The van der Waals surface area contributed by atoms with Gasteiger partial charge in [-0.05, 0) is 44.9 Å². The zero-order valence-corrected chi connectivity index (χ0v) is 30.1. The van der Waals surface area contributed by atoms with Gasteiger partial charge in [-0.2, -0.15) is 0 Å². The quantitative estimate of drug-likeness (QED) is 0.0982. The molecule has 12 N–H and O–H groups in total. The van der Waals surface area contributed by atoms with Crippen LogP contribution in [0.3, 0.4) is 0 Å². The third kappa shape index (κ3) is 8.78. The molecule has 20 nitrogen and oxygen atoms in total. The van der Waals surface area contributed by atoms with E-state index in [-0.39, 0.29) is 25.2 Å². The van der Waals surface area contributed by atoms with E-state index in [4.69, 9.17) is 37.9 Å². The van der Waals surface area contributed by atoms with Crippen LogP contribution in [0.15, 0.2) is 0 Å². The van der Waals surface area contributed by atoms with Crippen LogP contribution in [0.1, 0.15) is 45.4 Å². The Hall–Kier alpha value is -0.800. The van der Waals surface area contributed by atoms with Crippen molar-refractivity contribution in [3.05, 3.63) is 0 Å². The van der Waals surface area contributed by atoms with Crippen LogP contribution < -0.4 is 0 Å². The summed E-state index contributed by atoms with van der Waals surface area (Å²) in [6.45, 7) is 0.298. The maximum absolute atomic E-state index is 11.1. The predicted molar refractivity (Wildman–Crippen MR) is 175 cm³/mol. The zero-order chi connectivity index (χ0) is 39.2. The van der Waals surface area contributed by atoms with Gasteiger partial charge in [-0.15, -0.1) is 0 Å². The van der Waals surface area contributed by atoms with Crippen molar-refractivity contribution in [2.24, 2.45) is 11.8 Å². The Morgan fingerprint density at radius 1 is 0.556 bits per heavy atom. The van der Waals surface area contributed by atoms with Crippen molar-refractivity contribution in [3.8, 4) is 0 Å². The molecule has 0 amide bonds. The Bertz CT molecular complexity index is 1190. The van der Waals surface area contributed by atoms with E-state index in [0.29, 0.717) is 19.3 Å². The van der Waals surface area contributed by atoms with E-state index in [1.54, 1.807) is 0 Å². The molecule has 2 saturated carbocycles. The van der Waals surface area contributed by atoms with E-state index in [1.807, 2.05) is 0 Å². The molecular weight excluding hydrogens is 728 g/mol. The Balaban J connectivity index is 1.21. The Morgan fingerprint density at radius 3 is 1.80 bits per heavy atom. The van der Waals surface area contributed by atoms with Crippen molar-refractivity contribution in [1.82, 2.24) is 0 Å². The van der Waals surface area contributed by atoms with E-state index >= 15 is 0 Å². The number of hydrogen-bond acceptors (Lipinski definition) is 20.